The Morgan fingerprint density at radius 3 is 1.48 bits per heavy atom. The highest BCUT2D eigenvalue weighted by Gasteiger charge is 2.45. The van der Waals surface area contributed by atoms with E-state index in [9.17, 15) is 0 Å². The van der Waals surface area contributed by atoms with Crippen molar-refractivity contribution >= 4 is 0 Å². The highest BCUT2D eigenvalue weighted by Crippen LogP contribution is 2.54. The third kappa shape index (κ3) is 6.53. The first-order valence-electron chi connectivity index (χ1n) is 15.4. The van der Waals surface area contributed by atoms with Gasteiger partial charge in [-0.25, -0.2) is 0 Å². The van der Waals surface area contributed by atoms with Crippen molar-refractivity contribution in [3.8, 4) is 0 Å². The molecule has 4 rings (SSSR count). The highest BCUT2D eigenvalue weighted by molar-refractivity contribution is 4.95. The molecular formula is C31H56. The van der Waals surface area contributed by atoms with Gasteiger partial charge in [0.15, 0.2) is 0 Å². The smallest absolute Gasteiger partial charge is 0.0352 e. The molecular weight excluding hydrogens is 372 g/mol. The zero-order valence-electron chi connectivity index (χ0n) is 21.3. The monoisotopic (exact) mass is 428 g/mol. The lowest BCUT2D eigenvalue weighted by atomic mass is 9.54. The summed E-state index contributed by atoms with van der Waals surface area (Å²) in [6, 6.07) is 0. The van der Waals surface area contributed by atoms with E-state index in [-0.39, 0.29) is 0 Å². The van der Waals surface area contributed by atoms with Crippen molar-refractivity contribution < 1.29 is 0 Å². The lowest BCUT2D eigenvalue weighted by Crippen LogP contribution is -2.43. The van der Waals surface area contributed by atoms with E-state index in [1.54, 1.807) is 103 Å². The van der Waals surface area contributed by atoms with Gasteiger partial charge >= 0.3 is 0 Å². The second kappa shape index (κ2) is 13.0. The summed E-state index contributed by atoms with van der Waals surface area (Å²) in [6.07, 6.45) is 35.6. The number of unbranched alkanes of at least 4 members (excludes halogenated alkanes) is 7. The Morgan fingerprint density at radius 2 is 0.935 bits per heavy atom. The summed E-state index contributed by atoms with van der Waals surface area (Å²) in [5.41, 5.74) is 0. The fraction of sp³-hybridized carbons (Fsp3) is 1.00. The van der Waals surface area contributed by atoms with Crippen molar-refractivity contribution in [2.24, 2.45) is 41.4 Å². The Kier molecular flexibility index (Phi) is 10.1. The number of hydrogen-bond donors (Lipinski definition) is 0. The molecule has 0 saturated heterocycles. The van der Waals surface area contributed by atoms with Gasteiger partial charge in [0.1, 0.15) is 0 Å². The summed E-state index contributed by atoms with van der Waals surface area (Å²) in [7, 11) is 0. The molecule has 0 N–H and O–H groups in total. The molecule has 6 atom stereocenters. The topological polar surface area (TPSA) is 0 Å². The summed E-state index contributed by atoms with van der Waals surface area (Å²) >= 11 is 0. The van der Waals surface area contributed by atoms with Crippen molar-refractivity contribution in [3.05, 3.63) is 0 Å². The lowest BCUT2D eigenvalue weighted by molar-refractivity contribution is -0.0153. The largest absolute Gasteiger partial charge is 0.0654 e. The van der Waals surface area contributed by atoms with Crippen LogP contribution >= 0.6 is 0 Å². The second-order valence-corrected chi connectivity index (χ2v) is 12.5. The molecule has 0 unspecified atom stereocenters. The summed E-state index contributed by atoms with van der Waals surface area (Å²) in [5.74, 6) is 7.86. The molecule has 4 saturated carbocycles. The van der Waals surface area contributed by atoms with E-state index in [0.717, 1.165) is 41.4 Å². The van der Waals surface area contributed by atoms with E-state index in [1.165, 1.54) is 44.9 Å². The average molecular weight is 429 g/mol. The number of fused-ring (bicyclic) bond motifs is 2. The van der Waals surface area contributed by atoms with Gasteiger partial charge in [-0.1, -0.05) is 122 Å². The van der Waals surface area contributed by atoms with E-state index < -0.39 is 0 Å². The van der Waals surface area contributed by atoms with Crippen LogP contribution < -0.4 is 0 Å². The molecule has 0 aromatic heterocycles. The Bertz CT molecular complexity index is 442. The summed E-state index contributed by atoms with van der Waals surface area (Å²) in [4.78, 5) is 0. The van der Waals surface area contributed by atoms with Crippen molar-refractivity contribution in [2.75, 3.05) is 0 Å². The Hall–Kier alpha value is 0. The van der Waals surface area contributed by atoms with E-state index in [4.69, 9.17) is 0 Å². The van der Waals surface area contributed by atoms with Crippen molar-refractivity contribution in [3.63, 3.8) is 0 Å². The summed E-state index contributed by atoms with van der Waals surface area (Å²) in [5, 5.41) is 0. The van der Waals surface area contributed by atoms with Gasteiger partial charge in [0, 0.05) is 0 Å². The van der Waals surface area contributed by atoms with E-state index in [0.29, 0.717) is 0 Å². The predicted octanol–water partition coefficient (Wildman–Crippen LogP) is 10.3. The number of rotatable bonds is 11. The Morgan fingerprint density at radius 1 is 0.484 bits per heavy atom. The molecule has 0 aromatic carbocycles. The maximum absolute atomic E-state index is 2.34. The third-order valence-corrected chi connectivity index (χ3v) is 10.8. The van der Waals surface area contributed by atoms with Gasteiger partial charge in [0.25, 0.3) is 0 Å². The van der Waals surface area contributed by atoms with Crippen LogP contribution in [-0.4, -0.2) is 0 Å². The van der Waals surface area contributed by atoms with Crippen molar-refractivity contribution in [1.29, 1.82) is 0 Å². The minimum Gasteiger partial charge on any atom is -0.0654 e. The molecule has 4 fully saturated rings. The first-order chi connectivity index (χ1) is 15.4. The zero-order valence-corrected chi connectivity index (χ0v) is 21.3. The van der Waals surface area contributed by atoms with Crippen LogP contribution in [0.3, 0.4) is 0 Å². The first-order valence-corrected chi connectivity index (χ1v) is 15.4. The minimum absolute atomic E-state index is 1.11. The molecule has 0 heterocycles. The van der Waals surface area contributed by atoms with Crippen LogP contribution in [0.2, 0.25) is 0 Å². The average Bonchev–Trinajstić information content (AvgIpc) is 2.83. The van der Waals surface area contributed by atoms with Crippen LogP contribution in [0, 0.1) is 41.4 Å². The highest BCUT2D eigenvalue weighted by atomic mass is 14.5. The van der Waals surface area contributed by atoms with Crippen LogP contribution in [0.15, 0.2) is 0 Å². The van der Waals surface area contributed by atoms with Gasteiger partial charge in [-0.3, -0.25) is 0 Å². The molecule has 0 nitrogen and oxygen atoms in total. The molecule has 0 bridgehead atoms. The van der Waals surface area contributed by atoms with Crippen molar-refractivity contribution in [1.82, 2.24) is 0 Å². The standard InChI is InChI=1S/C31H56/c1-2-3-4-5-6-7-8-9-22-31(29-23-14-18-25-16-10-12-20-27(25)29)30-24-15-19-26-17-11-13-21-28(26)30/h25-31H,2-24H2,1H3/t25-,26-,27+,28+,29-,30-/m1/s1. The SMILES string of the molecule is CCCCCCCCCCC([C@@H]1CCC[C@H]2CCCC[C@@H]21)[C@@H]1CCC[C@H]2CCCC[C@@H]21. The molecule has 180 valence electrons. The van der Waals surface area contributed by atoms with Gasteiger partial charge in [0.2, 0.25) is 0 Å². The maximum Gasteiger partial charge on any atom is -0.0352 e. The molecule has 0 amide bonds. The molecule has 0 heteroatoms. The van der Waals surface area contributed by atoms with Gasteiger partial charge in [0.05, 0.1) is 0 Å². The van der Waals surface area contributed by atoms with Crippen LogP contribution in [0.1, 0.15) is 155 Å². The van der Waals surface area contributed by atoms with Gasteiger partial charge in [-0.2, -0.15) is 0 Å². The first kappa shape index (κ1) is 24.1. The van der Waals surface area contributed by atoms with Gasteiger partial charge < -0.3 is 0 Å². The summed E-state index contributed by atoms with van der Waals surface area (Å²) in [6.45, 7) is 2.34. The van der Waals surface area contributed by atoms with E-state index in [1.807, 2.05) is 0 Å². The Balaban J connectivity index is 1.37. The van der Waals surface area contributed by atoms with Crippen molar-refractivity contribution in [2.45, 2.75) is 155 Å². The normalized spacial score (nSPS) is 36.2. The quantitative estimate of drug-likeness (QED) is 0.287. The Labute approximate surface area is 196 Å². The van der Waals surface area contributed by atoms with Crippen LogP contribution in [0.5, 0.6) is 0 Å². The molecule has 4 aliphatic rings. The number of hydrogen-bond acceptors (Lipinski definition) is 0. The molecule has 0 spiro atoms. The molecule has 4 aliphatic carbocycles. The van der Waals surface area contributed by atoms with E-state index in [2.05, 4.69) is 6.92 Å². The second-order valence-electron chi connectivity index (χ2n) is 12.5. The van der Waals surface area contributed by atoms with Gasteiger partial charge in [-0.15, -0.1) is 0 Å². The fourth-order valence-corrected chi connectivity index (χ4v) is 9.30. The lowest BCUT2D eigenvalue weighted by Gasteiger charge is -2.51. The summed E-state index contributed by atoms with van der Waals surface area (Å²) < 4.78 is 0. The van der Waals surface area contributed by atoms with Crippen LogP contribution in [0.4, 0.5) is 0 Å². The zero-order chi connectivity index (χ0) is 21.3. The molecule has 0 radical (unpaired) electrons. The predicted molar refractivity (Wildman–Crippen MR) is 136 cm³/mol. The minimum atomic E-state index is 1.11. The van der Waals surface area contributed by atoms with E-state index >= 15 is 0 Å². The maximum atomic E-state index is 2.34. The van der Waals surface area contributed by atoms with Crippen LogP contribution in [-0.2, 0) is 0 Å². The molecule has 0 aromatic rings. The van der Waals surface area contributed by atoms with Gasteiger partial charge in [-0.05, 0) is 73.5 Å². The molecule has 0 aliphatic heterocycles. The fourth-order valence-electron chi connectivity index (χ4n) is 9.30. The molecule has 31 heavy (non-hydrogen) atoms. The third-order valence-electron chi connectivity index (χ3n) is 10.8. The van der Waals surface area contributed by atoms with Crippen LogP contribution in [0.25, 0.3) is 0 Å².